The van der Waals surface area contributed by atoms with Crippen LogP contribution in [0.15, 0.2) is 34.9 Å². The van der Waals surface area contributed by atoms with Crippen molar-refractivity contribution in [2.45, 2.75) is 6.92 Å². The van der Waals surface area contributed by atoms with Gasteiger partial charge in [-0.05, 0) is 52.7 Å². The van der Waals surface area contributed by atoms with Gasteiger partial charge < -0.3 is 11.1 Å². The van der Waals surface area contributed by atoms with E-state index in [9.17, 15) is 9.18 Å². The monoisotopic (exact) mass is 323 g/mol. The molecule has 0 bridgehead atoms. The van der Waals surface area contributed by atoms with Gasteiger partial charge in [0.2, 0.25) is 0 Å². The number of carbonyl (C=O) groups excluding carboxylic acids is 1. The van der Waals surface area contributed by atoms with Gasteiger partial charge in [-0.3, -0.25) is 4.79 Å². The van der Waals surface area contributed by atoms with Crippen molar-refractivity contribution in [3.8, 4) is 0 Å². The number of nitrogen functional groups attached to an aromatic ring is 1. The second-order valence-electron chi connectivity index (χ2n) is 3.99. The summed E-state index contributed by atoms with van der Waals surface area (Å²) in [7, 11) is 0. The van der Waals surface area contributed by atoms with Crippen molar-refractivity contribution in [2.75, 3.05) is 11.1 Å². The number of aromatic nitrogens is 1. The van der Waals surface area contributed by atoms with Crippen LogP contribution in [-0.4, -0.2) is 10.9 Å². The predicted octanol–water partition coefficient (Wildman–Crippen LogP) is 3.13. The van der Waals surface area contributed by atoms with Gasteiger partial charge in [0, 0.05) is 11.9 Å². The Bertz CT molecular complexity index is 646. The maximum atomic E-state index is 13.9. The molecule has 1 heterocycles. The fourth-order valence-corrected chi connectivity index (χ4v) is 1.97. The molecule has 6 heteroatoms. The molecule has 0 spiro atoms. The molecule has 0 saturated carbocycles. The fourth-order valence-electron chi connectivity index (χ4n) is 1.62. The molecule has 1 amide bonds. The maximum absolute atomic E-state index is 13.9. The van der Waals surface area contributed by atoms with Gasteiger partial charge in [0.15, 0.2) is 0 Å². The van der Waals surface area contributed by atoms with Crippen LogP contribution in [0, 0.1) is 12.7 Å². The average Bonchev–Trinajstić information content (AvgIpc) is 2.36. The molecule has 2 rings (SSSR count). The van der Waals surface area contributed by atoms with Gasteiger partial charge in [0.1, 0.15) is 11.6 Å². The molecule has 4 nitrogen and oxygen atoms in total. The van der Waals surface area contributed by atoms with Crippen LogP contribution in [0.1, 0.15) is 15.9 Å². The van der Waals surface area contributed by atoms with E-state index in [2.05, 4.69) is 26.2 Å². The number of hydrogen-bond donors (Lipinski definition) is 2. The summed E-state index contributed by atoms with van der Waals surface area (Å²) >= 11 is 3.25. The van der Waals surface area contributed by atoms with E-state index in [1.165, 1.54) is 18.3 Å². The van der Waals surface area contributed by atoms with Crippen molar-refractivity contribution in [2.24, 2.45) is 0 Å². The summed E-state index contributed by atoms with van der Waals surface area (Å²) in [4.78, 5) is 16.0. The van der Waals surface area contributed by atoms with Crippen molar-refractivity contribution in [1.29, 1.82) is 0 Å². The molecule has 0 aliphatic rings. The highest BCUT2D eigenvalue weighted by molar-refractivity contribution is 9.10. The minimum absolute atomic E-state index is 0.102. The maximum Gasteiger partial charge on any atom is 0.259 e. The first-order valence-electron chi connectivity index (χ1n) is 5.46. The zero-order chi connectivity index (χ0) is 14.0. The van der Waals surface area contributed by atoms with Crippen LogP contribution in [0.4, 0.5) is 15.9 Å². The summed E-state index contributed by atoms with van der Waals surface area (Å²) in [6.07, 6.45) is 1.53. The van der Waals surface area contributed by atoms with Crippen LogP contribution in [0.5, 0.6) is 0 Å². The lowest BCUT2D eigenvalue weighted by Crippen LogP contribution is -2.16. The highest BCUT2D eigenvalue weighted by atomic mass is 79.9. The van der Waals surface area contributed by atoms with E-state index in [0.29, 0.717) is 21.5 Å². The molecule has 0 aliphatic carbocycles. The number of aryl methyl sites for hydroxylation is 1. The Balaban J connectivity index is 2.33. The van der Waals surface area contributed by atoms with E-state index < -0.39 is 11.7 Å². The van der Waals surface area contributed by atoms with Gasteiger partial charge in [-0.15, -0.1) is 0 Å². The van der Waals surface area contributed by atoms with Gasteiger partial charge in [-0.2, -0.15) is 0 Å². The molecular weight excluding hydrogens is 313 g/mol. The number of rotatable bonds is 2. The number of carbonyl (C=O) groups is 1. The second kappa shape index (κ2) is 5.36. The van der Waals surface area contributed by atoms with Crippen LogP contribution < -0.4 is 11.1 Å². The molecule has 0 saturated heterocycles. The third-order valence-electron chi connectivity index (χ3n) is 2.51. The lowest BCUT2D eigenvalue weighted by Gasteiger charge is -2.09. The Kier molecular flexibility index (Phi) is 3.80. The normalized spacial score (nSPS) is 10.3. The summed E-state index contributed by atoms with van der Waals surface area (Å²) < 4.78 is 14.5. The molecule has 0 unspecified atom stereocenters. The van der Waals surface area contributed by atoms with Crippen LogP contribution in [0.3, 0.4) is 0 Å². The third-order valence-corrected chi connectivity index (χ3v) is 3.15. The summed E-state index contributed by atoms with van der Waals surface area (Å²) in [5.74, 6) is -0.849. The van der Waals surface area contributed by atoms with E-state index in [0.717, 1.165) is 0 Å². The Morgan fingerprint density at radius 2 is 2.21 bits per heavy atom. The van der Waals surface area contributed by atoms with E-state index in [1.807, 2.05) is 0 Å². The number of benzene rings is 1. The molecule has 19 heavy (non-hydrogen) atoms. The number of halogens is 2. The van der Waals surface area contributed by atoms with Crippen LogP contribution in [0.2, 0.25) is 0 Å². The zero-order valence-electron chi connectivity index (χ0n) is 10.1. The lowest BCUT2D eigenvalue weighted by atomic mass is 10.1. The van der Waals surface area contributed by atoms with Crippen LogP contribution in [0.25, 0.3) is 0 Å². The lowest BCUT2D eigenvalue weighted by molar-refractivity contribution is 0.102. The SMILES string of the molecule is Cc1cc(N)cc(C(=O)Nc2ncccc2Br)c1F. The Morgan fingerprint density at radius 1 is 1.47 bits per heavy atom. The minimum atomic E-state index is -0.590. The fraction of sp³-hybridized carbons (Fsp3) is 0.0769. The first kappa shape index (κ1) is 13.5. The molecule has 98 valence electrons. The van der Waals surface area contributed by atoms with Crippen molar-refractivity contribution in [1.82, 2.24) is 4.98 Å². The van der Waals surface area contributed by atoms with Crippen molar-refractivity contribution in [3.63, 3.8) is 0 Å². The highest BCUT2D eigenvalue weighted by Crippen LogP contribution is 2.21. The number of nitrogens with one attached hydrogen (secondary N) is 1. The molecule has 3 N–H and O–H groups in total. The van der Waals surface area contributed by atoms with Crippen molar-refractivity contribution >= 4 is 33.3 Å². The van der Waals surface area contributed by atoms with E-state index in [4.69, 9.17) is 5.73 Å². The summed E-state index contributed by atoms with van der Waals surface area (Å²) in [5.41, 5.74) is 6.18. The average molecular weight is 324 g/mol. The number of anilines is 2. The quantitative estimate of drug-likeness (QED) is 0.834. The second-order valence-corrected chi connectivity index (χ2v) is 4.84. The number of hydrogen-bond acceptors (Lipinski definition) is 3. The summed E-state index contributed by atoms with van der Waals surface area (Å²) in [6.45, 7) is 1.55. The van der Waals surface area contributed by atoms with Gasteiger partial charge in [0.05, 0.1) is 10.0 Å². The van der Waals surface area contributed by atoms with Gasteiger partial charge in [0.25, 0.3) is 5.91 Å². The van der Waals surface area contributed by atoms with Crippen LogP contribution >= 0.6 is 15.9 Å². The standard InChI is InChI=1S/C13H11BrFN3O/c1-7-5-8(16)6-9(11(7)15)13(19)18-12-10(14)3-2-4-17-12/h2-6H,16H2,1H3,(H,17,18,19). The van der Waals surface area contributed by atoms with Gasteiger partial charge in [-0.25, -0.2) is 9.37 Å². The Labute approximate surface area is 118 Å². The van der Waals surface area contributed by atoms with Gasteiger partial charge in [-0.1, -0.05) is 0 Å². The van der Waals surface area contributed by atoms with E-state index in [1.54, 1.807) is 19.1 Å². The first-order valence-corrected chi connectivity index (χ1v) is 6.26. The Morgan fingerprint density at radius 3 is 2.89 bits per heavy atom. The molecule has 1 aromatic heterocycles. The zero-order valence-corrected chi connectivity index (χ0v) is 11.7. The molecule has 0 aliphatic heterocycles. The smallest absolute Gasteiger partial charge is 0.259 e. The minimum Gasteiger partial charge on any atom is -0.399 e. The Hall–Kier alpha value is -1.95. The third kappa shape index (κ3) is 2.90. The summed E-state index contributed by atoms with van der Waals surface area (Å²) in [5, 5.41) is 2.53. The van der Waals surface area contributed by atoms with Gasteiger partial charge >= 0.3 is 0 Å². The van der Waals surface area contributed by atoms with E-state index in [-0.39, 0.29) is 5.56 Å². The highest BCUT2D eigenvalue weighted by Gasteiger charge is 2.16. The molecular formula is C13H11BrFN3O. The molecule has 1 aromatic carbocycles. The molecule has 0 radical (unpaired) electrons. The van der Waals surface area contributed by atoms with Crippen molar-refractivity contribution < 1.29 is 9.18 Å². The predicted molar refractivity (Wildman–Crippen MR) is 75.4 cm³/mol. The van der Waals surface area contributed by atoms with E-state index >= 15 is 0 Å². The molecule has 0 atom stereocenters. The number of pyridine rings is 1. The topological polar surface area (TPSA) is 68.0 Å². The van der Waals surface area contributed by atoms with Crippen molar-refractivity contribution in [3.05, 3.63) is 51.9 Å². The van der Waals surface area contributed by atoms with Crippen LogP contribution in [-0.2, 0) is 0 Å². The molecule has 2 aromatic rings. The summed E-state index contributed by atoms with van der Waals surface area (Å²) in [6, 6.07) is 6.21. The molecule has 0 fully saturated rings. The number of amides is 1. The first-order chi connectivity index (χ1) is 8.99. The number of nitrogens with two attached hydrogens (primary N) is 1. The largest absolute Gasteiger partial charge is 0.399 e. The number of nitrogens with zero attached hydrogens (tertiary/aromatic N) is 1.